The van der Waals surface area contributed by atoms with Crippen molar-refractivity contribution in [2.24, 2.45) is 0 Å². The van der Waals surface area contributed by atoms with Crippen molar-refractivity contribution in [1.29, 1.82) is 0 Å². The highest BCUT2D eigenvalue weighted by Gasteiger charge is 2.20. The van der Waals surface area contributed by atoms with Gasteiger partial charge in [-0.15, -0.1) is 0 Å². The van der Waals surface area contributed by atoms with Crippen molar-refractivity contribution in [1.82, 2.24) is 25.4 Å². The van der Waals surface area contributed by atoms with Crippen molar-refractivity contribution in [2.45, 2.75) is 12.6 Å². The van der Waals surface area contributed by atoms with Crippen LogP contribution in [0.25, 0.3) is 22.4 Å². The van der Waals surface area contributed by atoms with Gasteiger partial charge in [0, 0.05) is 42.0 Å². The van der Waals surface area contributed by atoms with Gasteiger partial charge in [0.2, 0.25) is 0 Å². The number of aromatic nitrogens is 3. The Morgan fingerprint density at radius 2 is 1.95 bits per heavy atom. The van der Waals surface area contributed by atoms with E-state index < -0.39 is 17.8 Å². The standard InChI is InChI=1S/C27H26Cl2FN5O3/c28-21-9-16(1-2-18(21)14-35-5-7-38-8-6-35)20-13-32-34-26(20)19-11-24(31-12-19)27(37)33-25(15-36)17-3-4-23(30)22(29)10-17/h1-4,9-13,25,31,36H,5-8,14-15H2,(H,32,34)(H,33,37)/t25-/m1/s1. The molecule has 2 aromatic heterocycles. The zero-order valence-corrected chi connectivity index (χ0v) is 21.8. The van der Waals surface area contributed by atoms with E-state index in [4.69, 9.17) is 27.9 Å². The van der Waals surface area contributed by atoms with Crippen molar-refractivity contribution in [3.63, 3.8) is 0 Å². The molecule has 0 aliphatic carbocycles. The molecule has 5 rings (SSSR count). The molecule has 0 unspecified atom stereocenters. The first-order chi connectivity index (χ1) is 18.4. The van der Waals surface area contributed by atoms with Crippen molar-refractivity contribution < 1.29 is 19.0 Å². The predicted molar refractivity (Wildman–Crippen MR) is 144 cm³/mol. The lowest BCUT2D eigenvalue weighted by atomic mass is 10.0. The number of nitrogens with zero attached hydrogens (tertiary/aromatic N) is 2. The Balaban J connectivity index is 1.32. The van der Waals surface area contributed by atoms with Gasteiger partial charge in [0.1, 0.15) is 11.5 Å². The monoisotopic (exact) mass is 557 g/mol. The molecule has 3 heterocycles. The molecule has 0 spiro atoms. The van der Waals surface area contributed by atoms with Gasteiger partial charge in [-0.1, -0.05) is 41.4 Å². The quantitative estimate of drug-likeness (QED) is 0.248. The molecule has 8 nitrogen and oxygen atoms in total. The Labute approximate surface area is 228 Å². The van der Waals surface area contributed by atoms with E-state index >= 15 is 0 Å². The van der Waals surface area contributed by atoms with E-state index in [2.05, 4.69) is 25.4 Å². The second kappa shape index (κ2) is 11.7. The predicted octanol–water partition coefficient (Wildman–Crippen LogP) is 4.81. The normalized spacial score (nSPS) is 14.9. The lowest BCUT2D eigenvalue weighted by Crippen LogP contribution is -2.35. The number of nitrogens with one attached hydrogen (secondary N) is 3. The van der Waals surface area contributed by atoms with Crippen LogP contribution in [0.1, 0.15) is 27.7 Å². The van der Waals surface area contributed by atoms with Crippen LogP contribution in [0, 0.1) is 5.82 Å². The van der Waals surface area contributed by atoms with Crippen molar-refractivity contribution >= 4 is 29.1 Å². The van der Waals surface area contributed by atoms with Gasteiger partial charge >= 0.3 is 0 Å². The molecule has 4 aromatic rings. The summed E-state index contributed by atoms with van der Waals surface area (Å²) in [6.45, 7) is 3.59. The number of aliphatic hydroxyl groups is 1. The average Bonchev–Trinajstić information content (AvgIpc) is 3.61. The number of morpholine rings is 1. The number of ether oxygens (including phenoxy) is 1. The van der Waals surface area contributed by atoms with E-state index in [0.717, 1.165) is 60.8 Å². The third kappa shape index (κ3) is 5.77. The number of hydrogen-bond donors (Lipinski definition) is 4. The van der Waals surface area contributed by atoms with Crippen LogP contribution >= 0.6 is 23.2 Å². The summed E-state index contributed by atoms with van der Waals surface area (Å²) in [5.41, 5.74) is 5.00. The molecule has 1 amide bonds. The SMILES string of the molecule is O=C(N[C@H](CO)c1ccc(F)c(Cl)c1)c1cc(-c2[nH]ncc2-c2ccc(CN3CCOCC3)c(Cl)c2)c[nH]1. The highest BCUT2D eigenvalue weighted by Crippen LogP contribution is 2.33. The number of halogens is 3. The Morgan fingerprint density at radius 3 is 2.68 bits per heavy atom. The molecule has 2 aromatic carbocycles. The summed E-state index contributed by atoms with van der Waals surface area (Å²) in [5, 5.41) is 20.3. The Morgan fingerprint density at radius 1 is 1.13 bits per heavy atom. The van der Waals surface area contributed by atoms with Gasteiger partial charge in [-0.2, -0.15) is 5.10 Å². The summed E-state index contributed by atoms with van der Waals surface area (Å²) in [7, 11) is 0. The number of benzene rings is 2. The van der Waals surface area contributed by atoms with Gasteiger partial charge in [-0.05, 0) is 41.0 Å². The minimum absolute atomic E-state index is 0.0848. The maximum Gasteiger partial charge on any atom is 0.268 e. The lowest BCUT2D eigenvalue weighted by molar-refractivity contribution is 0.0342. The molecule has 0 bridgehead atoms. The molecule has 1 atom stereocenters. The summed E-state index contributed by atoms with van der Waals surface area (Å²) in [5.74, 6) is -1.01. The molecule has 11 heteroatoms. The van der Waals surface area contributed by atoms with E-state index in [1.165, 1.54) is 18.2 Å². The first-order valence-electron chi connectivity index (χ1n) is 12.1. The van der Waals surface area contributed by atoms with E-state index in [1.54, 1.807) is 18.5 Å². The summed E-state index contributed by atoms with van der Waals surface area (Å²) in [6.07, 6.45) is 3.42. The number of aliphatic hydroxyl groups excluding tert-OH is 1. The number of rotatable bonds is 8. The summed E-state index contributed by atoms with van der Waals surface area (Å²) < 4.78 is 18.9. The number of H-pyrrole nitrogens is 2. The Bertz CT molecular complexity index is 1430. The van der Waals surface area contributed by atoms with Gasteiger partial charge < -0.3 is 20.1 Å². The number of carbonyl (C=O) groups is 1. The van der Waals surface area contributed by atoms with Crippen LogP contribution in [0.4, 0.5) is 4.39 Å². The zero-order valence-electron chi connectivity index (χ0n) is 20.3. The molecule has 38 heavy (non-hydrogen) atoms. The average molecular weight is 558 g/mol. The van der Waals surface area contributed by atoms with Gasteiger partial charge in [0.15, 0.2) is 0 Å². The maximum absolute atomic E-state index is 13.5. The molecule has 1 fully saturated rings. The van der Waals surface area contributed by atoms with E-state index in [1.807, 2.05) is 18.2 Å². The van der Waals surface area contributed by atoms with Crippen molar-refractivity contribution in [2.75, 3.05) is 32.9 Å². The number of amides is 1. The first-order valence-corrected chi connectivity index (χ1v) is 12.9. The number of aromatic amines is 2. The third-order valence-corrected chi connectivity index (χ3v) is 7.19. The maximum atomic E-state index is 13.5. The summed E-state index contributed by atoms with van der Waals surface area (Å²) in [4.78, 5) is 18.2. The van der Waals surface area contributed by atoms with Crippen LogP contribution in [0.2, 0.25) is 10.0 Å². The van der Waals surface area contributed by atoms with E-state index in [-0.39, 0.29) is 17.3 Å². The van der Waals surface area contributed by atoms with Crippen molar-refractivity contribution in [3.05, 3.63) is 87.5 Å². The lowest BCUT2D eigenvalue weighted by Gasteiger charge is -2.27. The van der Waals surface area contributed by atoms with E-state index in [0.29, 0.717) is 10.6 Å². The molecule has 1 aliphatic rings. The fourth-order valence-corrected chi connectivity index (χ4v) is 4.87. The molecule has 4 N–H and O–H groups in total. The fourth-order valence-electron chi connectivity index (χ4n) is 4.44. The second-order valence-electron chi connectivity index (χ2n) is 9.04. The second-order valence-corrected chi connectivity index (χ2v) is 9.85. The summed E-state index contributed by atoms with van der Waals surface area (Å²) >= 11 is 12.5. The molecule has 1 aliphatic heterocycles. The minimum Gasteiger partial charge on any atom is -0.394 e. The van der Waals surface area contributed by atoms with Crippen molar-refractivity contribution in [3.8, 4) is 22.4 Å². The molecular formula is C27H26Cl2FN5O3. The van der Waals surface area contributed by atoms with Gasteiger partial charge in [0.25, 0.3) is 5.91 Å². The Hall–Kier alpha value is -3.21. The highest BCUT2D eigenvalue weighted by atomic mass is 35.5. The van der Waals surface area contributed by atoms with Gasteiger partial charge in [-0.25, -0.2) is 4.39 Å². The first kappa shape index (κ1) is 26.4. The highest BCUT2D eigenvalue weighted by molar-refractivity contribution is 6.31. The van der Waals surface area contributed by atoms with Gasteiger partial charge in [-0.3, -0.25) is 14.8 Å². The zero-order chi connectivity index (χ0) is 26.6. The van der Waals surface area contributed by atoms with Crippen LogP contribution in [0.15, 0.2) is 54.9 Å². The van der Waals surface area contributed by atoms with Crippen LogP contribution in [-0.2, 0) is 11.3 Å². The van der Waals surface area contributed by atoms with Crippen LogP contribution in [-0.4, -0.2) is 64.0 Å². The molecular weight excluding hydrogens is 532 g/mol. The Kier molecular flexibility index (Phi) is 8.11. The van der Waals surface area contributed by atoms with Crippen LogP contribution in [0.3, 0.4) is 0 Å². The van der Waals surface area contributed by atoms with Crippen LogP contribution < -0.4 is 5.32 Å². The van der Waals surface area contributed by atoms with E-state index in [9.17, 15) is 14.3 Å². The smallest absolute Gasteiger partial charge is 0.268 e. The van der Waals surface area contributed by atoms with Crippen LogP contribution in [0.5, 0.6) is 0 Å². The van der Waals surface area contributed by atoms with Gasteiger partial charge in [0.05, 0.1) is 42.8 Å². The summed E-state index contributed by atoms with van der Waals surface area (Å²) in [6, 6.07) is 10.9. The molecule has 0 saturated carbocycles. The molecule has 1 saturated heterocycles. The third-order valence-electron chi connectivity index (χ3n) is 6.55. The minimum atomic E-state index is -0.756. The largest absolute Gasteiger partial charge is 0.394 e. The number of carbonyl (C=O) groups excluding carboxylic acids is 1. The molecule has 0 radical (unpaired) electrons. The topological polar surface area (TPSA) is 106 Å². The fraction of sp³-hybridized carbons (Fsp3) is 0.259. The number of hydrogen-bond acceptors (Lipinski definition) is 5. The molecule has 198 valence electrons.